The molecule has 0 radical (unpaired) electrons. The Bertz CT molecular complexity index is 264. The van der Waals surface area contributed by atoms with Crippen molar-refractivity contribution in [3.63, 3.8) is 0 Å². The van der Waals surface area contributed by atoms with Crippen molar-refractivity contribution in [2.75, 3.05) is 0 Å². The van der Waals surface area contributed by atoms with Gasteiger partial charge in [0.05, 0.1) is 0 Å². The van der Waals surface area contributed by atoms with Gasteiger partial charge in [-0.1, -0.05) is 19.1 Å². The van der Waals surface area contributed by atoms with Crippen molar-refractivity contribution >= 4 is 0 Å². The summed E-state index contributed by atoms with van der Waals surface area (Å²) in [5.41, 5.74) is 6.49. The van der Waals surface area contributed by atoms with Crippen LogP contribution < -0.4 is 0 Å². The van der Waals surface area contributed by atoms with E-state index in [2.05, 4.69) is 26.2 Å². The molecule has 0 heteroatoms. The second kappa shape index (κ2) is 1.46. The molecule has 1 saturated carbocycles. The van der Waals surface area contributed by atoms with E-state index in [-0.39, 0.29) is 0 Å². The fraction of sp³-hybridized carbons (Fsp3) is 0.500. The minimum atomic E-state index is 0.560. The molecular formula is C10H12. The summed E-state index contributed by atoms with van der Waals surface area (Å²) < 4.78 is 0. The Hall–Kier alpha value is -0.740. The average molecular weight is 132 g/mol. The highest BCUT2D eigenvalue weighted by molar-refractivity contribution is 5.60. The smallest absolute Gasteiger partial charge is 0.0200 e. The van der Waals surface area contributed by atoms with Crippen LogP contribution in [0.15, 0.2) is 29.5 Å². The van der Waals surface area contributed by atoms with Crippen LogP contribution in [-0.4, -0.2) is 0 Å². The monoisotopic (exact) mass is 132 g/mol. The van der Waals surface area contributed by atoms with Gasteiger partial charge < -0.3 is 0 Å². The van der Waals surface area contributed by atoms with E-state index < -0.39 is 0 Å². The van der Waals surface area contributed by atoms with E-state index in [0.717, 1.165) is 5.92 Å². The molecule has 1 spiro atoms. The van der Waals surface area contributed by atoms with Crippen LogP contribution in [-0.2, 0) is 0 Å². The highest BCUT2D eigenvalue weighted by atomic mass is 14.7. The van der Waals surface area contributed by atoms with E-state index in [0.29, 0.717) is 5.41 Å². The summed E-state index contributed by atoms with van der Waals surface area (Å²) in [6.07, 6.45) is 3.41. The molecule has 2 atom stereocenters. The summed E-state index contributed by atoms with van der Waals surface area (Å²) >= 11 is 0. The third-order valence-electron chi connectivity index (χ3n) is 3.05. The van der Waals surface area contributed by atoms with Gasteiger partial charge in [-0.15, -0.1) is 5.73 Å². The molecule has 0 nitrogen and oxygen atoms in total. The largest absolute Gasteiger partial charge is 0.128 e. The van der Waals surface area contributed by atoms with Gasteiger partial charge in [0, 0.05) is 5.41 Å². The van der Waals surface area contributed by atoms with Crippen LogP contribution in [0.25, 0.3) is 0 Å². The van der Waals surface area contributed by atoms with Gasteiger partial charge in [0.25, 0.3) is 0 Å². The van der Waals surface area contributed by atoms with Crippen molar-refractivity contribution in [3.05, 3.63) is 29.5 Å². The minimum Gasteiger partial charge on any atom is -0.128 e. The molecule has 0 aliphatic heterocycles. The Balaban J connectivity index is 2.22. The summed E-state index contributed by atoms with van der Waals surface area (Å²) in [6, 6.07) is 0. The van der Waals surface area contributed by atoms with E-state index >= 15 is 0 Å². The van der Waals surface area contributed by atoms with Gasteiger partial charge in [0.2, 0.25) is 0 Å². The molecule has 1 fully saturated rings. The number of hydrogen-bond acceptors (Lipinski definition) is 0. The maximum atomic E-state index is 3.58. The molecular weight excluding hydrogens is 120 g/mol. The summed E-state index contributed by atoms with van der Waals surface area (Å²) in [5, 5.41) is 0. The maximum Gasteiger partial charge on any atom is 0.0200 e. The van der Waals surface area contributed by atoms with Crippen LogP contribution in [0.1, 0.15) is 20.3 Å². The summed E-state index contributed by atoms with van der Waals surface area (Å²) in [5.74, 6) is 0.895. The van der Waals surface area contributed by atoms with Gasteiger partial charge >= 0.3 is 0 Å². The molecule has 0 aromatic heterocycles. The molecule has 0 aromatic rings. The highest BCUT2D eigenvalue weighted by Gasteiger charge is 2.64. The molecule has 0 bridgehead atoms. The summed E-state index contributed by atoms with van der Waals surface area (Å²) in [7, 11) is 0. The van der Waals surface area contributed by atoms with E-state index in [9.17, 15) is 0 Å². The topological polar surface area (TPSA) is 0 Å². The predicted octanol–water partition coefficient (Wildman–Crippen LogP) is 2.68. The average Bonchev–Trinajstić information content (AvgIpc) is 2.67. The third-order valence-corrected chi connectivity index (χ3v) is 3.05. The minimum absolute atomic E-state index is 0.560. The van der Waals surface area contributed by atoms with Crippen molar-refractivity contribution in [1.82, 2.24) is 0 Å². The van der Waals surface area contributed by atoms with Gasteiger partial charge in [0.15, 0.2) is 0 Å². The first-order valence-electron chi connectivity index (χ1n) is 3.81. The van der Waals surface area contributed by atoms with Crippen molar-refractivity contribution in [3.8, 4) is 0 Å². The fourth-order valence-electron chi connectivity index (χ4n) is 2.17. The Morgan fingerprint density at radius 1 is 1.80 bits per heavy atom. The van der Waals surface area contributed by atoms with Crippen molar-refractivity contribution in [2.45, 2.75) is 20.3 Å². The Morgan fingerprint density at radius 2 is 2.40 bits per heavy atom. The van der Waals surface area contributed by atoms with E-state index in [1.54, 1.807) is 5.57 Å². The molecule has 2 rings (SSSR count). The fourth-order valence-corrected chi connectivity index (χ4v) is 2.17. The van der Waals surface area contributed by atoms with Gasteiger partial charge in [-0.25, -0.2) is 0 Å². The second-order valence-electron chi connectivity index (χ2n) is 3.46. The zero-order valence-electron chi connectivity index (χ0n) is 6.57. The molecule has 0 saturated heterocycles. The summed E-state index contributed by atoms with van der Waals surface area (Å²) in [4.78, 5) is 0. The molecule has 0 aromatic carbocycles. The van der Waals surface area contributed by atoms with Crippen molar-refractivity contribution in [1.29, 1.82) is 0 Å². The van der Waals surface area contributed by atoms with Crippen LogP contribution in [0, 0.1) is 11.3 Å². The Morgan fingerprint density at radius 3 is 2.70 bits per heavy atom. The molecule has 52 valence electrons. The normalized spacial score (nSPS) is 41.6. The Labute approximate surface area is 61.9 Å². The first-order chi connectivity index (χ1) is 4.73. The van der Waals surface area contributed by atoms with Crippen molar-refractivity contribution in [2.24, 2.45) is 11.3 Å². The second-order valence-corrected chi connectivity index (χ2v) is 3.46. The lowest BCUT2D eigenvalue weighted by atomic mass is 10.2. The van der Waals surface area contributed by atoms with Gasteiger partial charge in [-0.2, -0.15) is 0 Å². The van der Waals surface area contributed by atoms with Gasteiger partial charge in [-0.05, 0) is 30.9 Å². The predicted molar refractivity (Wildman–Crippen MR) is 42.6 cm³/mol. The van der Waals surface area contributed by atoms with Gasteiger partial charge in [0.1, 0.15) is 0 Å². The zero-order valence-corrected chi connectivity index (χ0v) is 6.57. The van der Waals surface area contributed by atoms with Crippen LogP contribution >= 0.6 is 0 Å². The maximum absolute atomic E-state index is 3.58. The molecule has 10 heavy (non-hydrogen) atoms. The first-order valence-corrected chi connectivity index (χ1v) is 3.81. The van der Waals surface area contributed by atoms with Crippen molar-refractivity contribution < 1.29 is 0 Å². The lowest BCUT2D eigenvalue weighted by Crippen LogP contribution is -1.79. The van der Waals surface area contributed by atoms with E-state index in [1.165, 1.54) is 12.0 Å². The molecule has 2 unspecified atom stereocenters. The lowest BCUT2D eigenvalue weighted by Gasteiger charge is -1.86. The first kappa shape index (κ1) is 6.00. The van der Waals surface area contributed by atoms with Crippen LogP contribution in [0.3, 0.4) is 0 Å². The number of rotatable bonds is 1. The highest BCUT2D eigenvalue weighted by Crippen LogP contribution is 2.74. The quantitative estimate of drug-likeness (QED) is 0.481. The Kier molecular flexibility index (Phi) is 0.877. The number of allylic oxidation sites excluding steroid dienone is 3. The van der Waals surface area contributed by atoms with Gasteiger partial charge in [-0.3, -0.25) is 0 Å². The molecule has 0 amide bonds. The molecule has 2 aliphatic rings. The molecule has 2 aliphatic carbocycles. The van der Waals surface area contributed by atoms with E-state index in [4.69, 9.17) is 0 Å². The van der Waals surface area contributed by atoms with Crippen LogP contribution in [0.4, 0.5) is 0 Å². The van der Waals surface area contributed by atoms with Crippen LogP contribution in [0.5, 0.6) is 0 Å². The zero-order chi connectivity index (χ0) is 7.35. The van der Waals surface area contributed by atoms with E-state index in [1.807, 2.05) is 6.08 Å². The standard InChI is InChI=1S/C10H12/c1-4-5-9-8(3)10(9)6-7(10)2/h5,7H,1,6H2,2-3H3. The molecule has 0 heterocycles. The lowest BCUT2D eigenvalue weighted by molar-refractivity contribution is 0.796. The molecule has 0 N–H and O–H groups in total. The van der Waals surface area contributed by atoms with Crippen LogP contribution in [0.2, 0.25) is 0 Å². The SMILES string of the molecule is C=C=CC1=C(C)C12CC2C. The number of hydrogen-bond donors (Lipinski definition) is 0. The summed E-state index contributed by atoms with van der Waals surface area (Å²) in [6.45, 7) is 8.12. The third kappa shape index (κ3) is 0.446.